The lowest BCUT2D eigenvalue weighted by atomic mass is 9.76. The molecule has 3 rings (SSSR count). The Morgan fingerprint density at radius 1 is 1.21 bits per heavy atom. The number of benzene rings is 1. The molecule has 3 atom stereocenters. The zero-order chi connectivity index (χ0) is 21.8. The van der Waals surface area contributed by atoms with E-state index in [0.717, 1.165) is 18.2 Å². The second kappa shape index (κ2) is 7.42. The molecule has 0 saturated heterocycles. The Kier molecular flexibility index (Phi) is 5.72. The van der Waals surface area contributed by atoms with Crippen molar-refractivity contribution in [3.8, 4) is 5.75 Å². The standard InChI is InChI=1S/C17H24BF3N2O5S/c1-16(22-29(27,28)23(2)9-17(19,20)21)12-3-4-13(16)6-11-8-15(24)14(18(25)26)7-10(11)5-12/h7-8,12-13,22,24-26H,3-6,9H2,1-2H3/t12-,13+,16?/m0/s1. The maximum absolute atomic E-state index is 12.7. The topological polar surface area (TPSA) is 110 Å². The number of rotatable bonds is 5. The Balaban J connectivity index is 1.90. The molecule has 2 aliphatic carbocycles. The second-order valence-corrected chi connectivity index (χ2v) is 9.97. The molecule has 0 heterocycles. The third-order valence-electron chi connectivity index (χ3n) is 6.28. The summed E-state index contributed by atoms with van der Waals surface area (Å²) in [5, 5.41) is 28.9. The predicted octanol–water partition coefficient (Wildman–Crippen LogP) is 0.284. The number of alkyl halides is 3. The van der Waals surface area contributed by atoms with Crippen LogP contribution in [-0.4, -0.2) is 60.3 Å². The minimum atomic E-state index is -4.65. The molecule has 162 valence electrons. The first-order valence-electron chi connectivity index (χ1n) is 9.25. The summed E-state index contributed by atoms with van der Waals surface area (Å²) >= 11 is 0. The van der Waals surface area contributed by atoms with Crippen molar-refractivity contribution in [2.75, 3.05) is 13.6 Å². The van der Waals surface area contributed by atoms with Crippen LogP contribution in [0.2, 0.25) is 0 Å². The molecule has 12 heteroatoms. The van der Waals surface area contributed by atoms with Crippen molar-refractivity contribution >= 4 is 22.8 Å². The molecule has 4 N–H and O–H groups in total. The molecule has 0 spiro atoms. The molecule has 0 aromatic heterocycles. The highest BCUT2D eigenvalue weighted by atomic mass is 32.2. The van der Waals surface area contributed by atoms with Gasteiger partial charge >= 0.3 is 13.3 Å². The minimum absolute atomic E-state index is 0.0336. The van der Waals surface area contributed by atoms with E-state index < -0.39 is 35.6 Å². The summed E-state index contributed by atoms with van der Waals surface area (Å²) < 4.78 is 66.0. The maximum atomic E-state index is 12.7. The molecule has 1 saturated carbocycles. The molecular weight excluding hydrogens is 412 g/mol. The van der Waals surface area contributed by atoms with Crippen LogP contribution in [0.3, 0.4) is 0 Å². The second-order valence-electron chi connectivity index (χ2n) is 8.19. The molecule has 0 aliphatic heterocycles. The van der Waals surface area contributed by atoms with Gasteiger partial charge in [0, 0.05) is 18.0 Å². The molecule has 1 aromatic rings. The number of halogens is 3. The van der Waals surface area contributed by atoms with Crippen LogP contribution in [-0.2, 0) is 23.1 Å². The number of nitrogens with one attached hydrogen (secondary N) is 1. The zero-order valence-electron chi connectivity index (χ0n) is 16.1. The van der Waals surface area contributed by atoms with Crippen LogP contribution in [0.5, 0.6) is 5.75 Å². The smallest absolute Gasteiger partial charge is 0.492 e. The van der Waals surface area contributed by atoms with Gasteiger partial charge in [0.25, 0.3) is 10.2 Å². The summed E-state index contributed by atoms with van der Waals surface area (Å²) in [5.41, 5.74) is 0.541. The molecule has 1 fully saturated rings. The van der Waals surface area contributed by atoms with Crippen molar-refractivity contribution in [2.45, 2.75) is 44.3 Å². The molecule has 2 aliphatic rings. The monoisotopic (exact) mass is 436 g/mol. The summed E-state index contributed by atoms with van der Waals surface area (Å²) in [6, 6.07) is 2.95. The van der Waals surface area contributed by atoms with Crippen LogP contribution < -0.4 is 10.2 Å². The van der Waals surface area contributed by atoms with E-state index in [1.54, 1.807) is 6.92 Å². The van der Waals surface area contributed by atoms with E-state index in [0.29, 0.717) is 25.7 Å². The normalized spacial score (nSPS) is 27.0. The Bertz CT molecular complexity index is 896. The van der Waals surface area contributed by atoms with Gasteiger partial charge in [-0.25, -0.2) is 0 Å². The van der Waals surface area contributed by atoms with Gasteiger partial charge in [-0.2, -0.15) is 30.6 Å². The summed E-state index contributed by atoms with van der Waals surface area (Å²) in [7, 11) is -5.33. The Labute approximate surface area is 167 Å². The fourth-order valence-electron chi connectivity index (χ4n) is 4.64. The van der Waals surface area contributed by atoms with Gasteiger partial charge in [0.1, 0.15) is 12.3 Å². The first kappa shape index (κ1) is 22.4. The van der Waals surface area contributed by atoms with Crippen molar-refractivity contribution < 1.29 is 36.7 Å². The number of hydrogen-bond donors (Lipinski definition) is 4. The third kappa shape index (κ3) is 4.41. The first-order chi connectivity index (χ1) is 13.2. The van der Waals surface area contributed by atoms with E-state index in [9.17, 15) is 36.7 Å². The summed E-state index contributed by atoms with van der Waals surface area (Å²) in [5.74, 6) is -0.619. The molecule has 0 amide bonds. The minimum Gasteiger partial charge on any atom is -0.508 e. The van der Waals surface area contributed by atoms with Gasteiger partial charge in [-0.1, -0.05) is 6.07 Å². The van der Waals surface area contributed by atoms with Crippen molar-refractivity contribution in [2.24, 2.45) is 11.8 Å². The SMILES string of the molecule is CN(CC(F)(F)F)S(=O)(=O)NC1(C)[C@@H]2CC[C@H]1Cc1cc(B(O)O)c(O)cc1C2. The maximum Gasteiger partial charge on any atom is 0.492 e. The number of hydrogen-bond acceptors (Lipinski definition) is 5. The van der Waals surface area contributed by atoms with Crippen molar-refractivity contribution in [1.82, 2.24) is 9.03 Å². The van der Waals surface area contributed by atoms with E-state index in [1.165, 1.54) is 12.1 Å². The van der Waals surface area contributed by atoms with E-state index in [2.05, 4.69) is 4.72 Å². The fraction of sp³-hybridized carbons (Fsp3) is 0.647. The summed E-state index contributed by atoms with van der Waals surface area (Å²) in [4.78, 5) is 0. The van der Waals surface area contributed by atoms with Gasteiger partial charge in [-0.05, 0) is 61.6 Å². The van der Waals surface area contributed by atoms with Gasteiger partial charge in [0.15, 0.2) is 0 Å². The van der Waals surface area contributed by atoms with Crippen LogP contribution in [0.1, 0.15) is 30.9 Å². The van der Waals surface area contributed by atoms with Crippen LogP contribution in [0.15, 0.2) is 12.1 Å². The first-order valence-corrected chi connectivity index (χ1v) is 10.7. The number of phenolic OH excluding ortho intramolecular Hbond substituents is 1. The van der Waals surface area contributed by atoms with E-state index in [-0.39, 0.29) is 27.4 Å². The van der Waals surface area contributed by atoms with Gasteiger partial charge < -0.3 is 15.2 Å². The number of phenols is 1. The number of nitrogens with zero attached hydrogens (tertiary/aromatic N) is 1. The molecule has 2 bridgehead atoms. The lowest BCUT2D eigenvalue weighted by molar-refractivity contribution is -0.134. The molecular formula is C17H24BF3N2O5S. The Morgan fingerprint density at radius 2 is 1.72 bits per heavy atom. The van der Waals surface area contributed by atoms with Crippen molar-refractivity contribution in [3.63, 3.8) is 0 Å². The molecule has 29 heavy (non-hydrogen) atoms. The average Bonchev–Trinajstić information content (AvgIpc) is 2.75. The predicted molar refractivity (Wildman–Crippen MR) is 101 cm³/mol. The molecule has 0 radical (unpaired) electrons. The van der Waals surface area contributed by atoms with E-state index in [1.807, 2.05) is 0 Å². The molecule has 7 nitrogen and oxygen atoms in total. The highest BCUT2D eigenvalue weighted by Crippen LogP contribution is 2.47. The highest BCUT2D eigenvalue weighted by molar-refractivity contribution is 7.87. The van der Waals surface area contributed by atoms with E-state index >= 15 is 0 Å². The van der Waals surface area contributed by atoms with Crippen molar-refractivity contribution in [1.29, 1.82) is 0 Å². The number of aromatic hydroxyl groups is 1. The lowest BCUT2D eigenvalue weighted by Gasteiger charge is -2.37. The molecule has 1 unspecified atom stereocenters. The van der Waals surface area contributed by atoms with Crippen molar-refractivity contribution in [3.05, 3.63) is 23.3 Å². The largest absolute Gasteiger partial charge is 0.508 e. The highest BCUT2D eigenvalue weighted by Gasteiger charge is 2.51. The molecule has 1 aromatic carbocycles. The zero-order valence-corrected chi connectivity index (χ0v) is 16.9. The van der Waals surface area contributed by atoms with E-state index in [4.69, 9.17) is 0 Å². The van der Waals surface area contributed by atoms with Crippen LogP contribution >= 0.6 is 0 Å². The number of fused-ring (bicyclic) bond motifs is 3. The van der Waals surface area contributed by atoms with Gasteiger partial charge in [-0.3, -0.25) is 0 Å². The van der Waals surface area contributed by atoms with Gasteiger partial charge in [0.2, 0.25) is 0 Å². The average molecular weight is 436 g/mol. The third-order valence-corrected chi connectivity index (χ3v) is 7.93. The summed E-state index contributed by atoms with van der Waals surface area (Å²) in [6.07, 6.45) is -2.44. The summed E-state index contributed by atoms with van der Waals surface area (Å²) in [6.45, 7) is 0.126. The quantitative estimate of drug-likeness (QED) is 0.496. The lowest BCUT2D eigenvalue weighted by Crippen LogP contribution is -2.57. The Hall–Kier alpha value is -1.34. The van der Waals surface area contributed by atoms with Gasteiger partial charge in [-0.15, -0.1) is 0 Å². The van der Waals surface area contributed by atoms with Crippen LogP contribution in [0.4, 0.5) is 13.2 Å². The Morgan fingerprint density at radius 3 is 2.21 bits per heavy atom. The van der Waals surface area contributed by atoms with Crippen LogP contribution in [0, 0.1) is 11.8 Å². The van der Waals surface area contributed by atoms with Gasteiger partial charge in [0.05, 0.1) is 0 Å². The fourth-order valence-corrected chi connectivity index (χ4v) is 6.00. The van der Waals surface area contributed by atoms with Crippen LogP contribution in [0.25, 0.3) is 0 Å².